The second kappa shape index (κ2) is 6.99. The first-order valence-electron chi connectivity index (χ1n) is 10.4. The van der Waals surface area contributed by atoms with Crippen molar-refractivity contribution in [3.63, 3.8) is 0 Å². The molecular formula is C22H42Si4V. The Balaban J connectivity index is 2.61. The van der Waals surface area contributed by atoms with E-state index in [1.54, 1.807) is 10.4 Å². The van der Waals surface area contributed by atoms with Crippen molar-refractivity contribution in [1.82, 2.24) is 0 Å². The summed E-state index contributed by atoms with van der Waals surface area (Å²) in [6, 6.07) is 0. The van der Waals surface area contributed by atoms with Gasteiger partial charge in [0.15, 0.2) is 0 Å². The molecule has 2 aliphatic carbocycles. The van der Waals surface area contributed by atoms with Crippen LogP contribution < -0.4 is 0 Å². The summed E-state index contributed by atoms with van der Waals surface area (Å²) in [6.45, 7) is 30.7. The quantitative estimate of drug-likeness (QED) is 0.347. The Kier molecular flexibility index (Phi) is 6.13. The Bertz CT molecular complexity index is 655. The van der Waals surface area contributed by atoms with E-state index in [9.17, 15) is 0 Å². The van der Waals surface area contributed by atoms with Crippen LogP contribution in [-0.4, -0.2) is 32.3 Å². The van der Waals surface area contributed by atoms with E-state index < -0.39 is 32.3 Å². The molecule has 5 heteroatoms. The first-order chi connectivity index (χ1) is 11.8. The summed E-state index contributed by atoms with van der Waals surface area (Å²) in [6.07, 6.45) is 16.0. The van der Waals surface area contributed by atoms with E-state index in [1.807, 2.05) is 0 Å². The summed E-state index contributed by atoms with van der Waals surface area (Å²) in [7, 11) is -5.30. The van der Waals surface area contributed by atoms with Crippen molar-refractivity contribution in [2.75, 3.05) is 0 Å². The van der Waals surface area contributed by atoms with Crippen LogP contribution in [0.3, 0.4) is 0 Å². The third-order valence-electron chi connectivity index (χ3n) is 6.29. The van der Waals surface area contributed by atoms with Crippen LogP contribution in [0.2, 0.25) is 86.1 Å². The predicted octanol–water partition coefficient (Wildman–Crippen LogP) is 7.89. The third kappa shape index (κ3) is 4.61. The van der Waals surface area contributed by atoms with Crippen LogP contribution in [0.15, 0.2) is 46.8 Å². The molecule has 0 heterocycles. The molecule has 0 aromatic rings. The monoisotopic (exact) mass is 469 g/mol. The van der Waals surface area contributed by atoms with Crippen molar-refractivity contribution >= 4 is 32.3 Å². The van der Waals surface area contributed by atoms with Gasteiger partial charge in [-0.2, -0.15) is 0 Å². The summed E-state index contributed by atoms with van der Waals surface area (Å²) >= 11 is 0.153. The fourth-order valence-corrected chi connectivity index (χ4v) is 17.1. The van der Waals surface area contributed by atoms with Gasteiger partial charge < -0.3 is 0 Å². The van der Waals surface area contributed by atoms with Crippen LogP contribution in [0.25, 0.3) is 0 Å². The second-order valence-corrected chi connectivity index (χ2v) is 37.4. The average Bonchev–Trinajstić information content (AvgIpc) is 3.02. The Labute approximate surface area is 180 Å². The molecule has 27 heavy (non-hydrogen) atoms. The molecule has 2 rings (SSSR count). The van der Waals surface area contributed by atoms with Gasteiger partial charge in [0.25, 0.3) is 0 Å². The summed E-state index contributed by atoms with van der Waals surface area (Å²) in [5.74, 6) is 0. The van der Waals surface area contributed by atoms with Gasteiger partial charge in [-0.25, -0.2) is 0 Å². The van der Waals surface area contributed by atoms with Gasteiger partial charge in [0, 0.05) is 0 Å². The molecule has 151 valence electrons. The van der Waals surface area contributed by atoms with Gasteiger partial charge in [0.1, 0.15) is 0 Å². The summed E-state index contributed by atoms with van der Waals surface area (Å²) in [5.41, 5.74) is 0. The van der Waals surface area contributed by atoms with Crippen molar-refractivity contribution in [3.8, 4) is 0 Å². The molecule has 0 aromatic heterocycles. The first kappa shape index (κ1) is 23.7. The fourth-order valence-electron chi connectivity index (χ4n) is 3.75. The van der Waals surface area contributed by atoms with E-state index in [2.05, 4.69) is 115 Å². The topological polar surface area (TPSA) is 0 Å². The molecule has 0 aromatic carbocycles. The van der Waals surface area contributed by atoms with Crippen molar-refractivity contribution in [3.05, 3.63) is 46.8 Å². The molecular weight excluding hydrogens is 428 g/mol. The Morgan fingerprint density at radius 2 is 0.852 bits per heavy atom. The molecule has 0 N–H and O–H groups in total. The zero-order valence-electron chi connectivity index (χ0n) is 19.9. The van der Waals surface area contributed by atoms with Gasteiger partial charge in [0.05, 0.1) is 0 Å². The van der Waals surface area contributed by atoms with Crippen molar-refractivity contribution < 1.29 is 16.3 Å². The SMILES string of the molecule is C[Si](C)(C)C1=C[C]([V][C]2([Si](C)(C)C)C=CC([Si](C)(C)C)=C2)([Si](C)(C)C)C=C1. The average molecular weight is 470 g/mol. The number of hydrogen-bond donors (Lipinski definition) is 0. The van der Waals surface area contributed by atoms with Crippen molar-refractivity contribution in [2.45, 2.75) is 86.1 Å². The Hall–Kier alpha value is 0.412. The fraction of sp³-hybridized carbons (Fsp3) is 0.636. The van der Waals surface area contributed by atoms with Gasteiger partial charge >= 0.3 is 182 Å². The zero-order chi connectivity index (χ0) is 21.1. The van der Waals surface area contributed by atoms with Gasteiger partial charge in [-0.05, 0) is 0 Å². The molecule has 2 unspecified atom stereocenters. The van der Waals surface area contributed by atoms with Crippen molar-refractivity contribution in [2.24, 2.45) is 0 Å². The van der Waals surface area contributed by atoms with Gasteiger partial charge in [-0.3, -0.25) is 0 Å². The van der Waals surface area contributed by atoms with Crippen molar-refractivity contribution in [1.29, 1.82) is 0 Å². The van der Waals surface area contributed by atoms with Crippen LogP contribution in [0, 0.1) is 0 Å². The molecule has 0 spiro atoms. The maximum absolute atomic E-state index is 2.79. The number of hydrogen-bond acceptors (Lipinski definition) is 0. The molecule has 0 bridgehead atoms. The Morgan fingerprint density at radius 1 is 0.556 bits per heavy atom. The summed E-state index contributed by atoms with van der Waals surface area (Å²) < 4.78 is 0.768. The van der Waals surface area contributed by atoms with Crippen LogP contribution in [0.5, 0.6) is 0 Å². The van der Waals surface area contributed by atoms with E-state index in [1.165, 1.54) is 0 Å². The van der Waals surface area contributed by atoms with E-state index in [4.69, 9.17) is 0 Å². The molecule has 0 nitrogen and oxygen atoms in total. The molecule has 0 amide bonds. The first-order valence-corrected chi connectivity index (χ1v) is 25.8. The minimum atomic E-state index is -1.39. The Morgan fingerprint density at radius 3 is 1.04 bits per heavy atom. The minimum absolute atomic E-state index is 0.153. The van der Waals surface area contributed by atoms with E-state index >= 15 is 0 Å². The predicted molar refractivity (Wildman–Crippen MR) is 133 cm³/mol. The molecule has 2 atom stereocenters. The van der Waals surface area contributed by atoms with E-state index in [0.717, 1.165) is 0 Å². The van der Waals surface area contributed by atoms with Crippen LogP contribution in [0.1, 0.15) is 0 Å². The summed E-state index contributed by atoms with van der Waals surface area (Å²) in [4.78, 5) is 0. The van der Waals surface area contributed by atoms with E-state index in [0.29, 0.717) is 7.50 Å². The second-order valence-electron chi connectivity index (χ2n) is 12.6. The molecule has 0 fully saturated rings. The molecule has 0 radical (unpaired) electrons. The van der Waals surface area contributed by atoms with Gasteiger partial charge in [-0.1, -0.05) is 0 Å². The zero-order valence-corrected chi connectivity index (χ0v) is 25.3. The van der Waals surface area contributed by atoms with Crippen LogP contribution >= 0.6 is 0 Å². The number of allylic oxidation sites excluding steroid dienone is 8. The van der Waals surface area contributed by atoms with Gasteiger partial charge in [-0.15, -0.1) is 0 Å². The van der Waals surface area contributed by atoms with Crippen LogP contribution in [0.4, 0.5) is 0 Å². The standard InChI is InChI=1S/2C11H21Si2.V/c2*1-12(2,3)10-7-8-11(9-10)13(4,5)6;/h2*7-9H,1-6H3;. The third-order valence-corrected chi connectivity index (χ3v) is 25.0. The van der Waals surface area contributed by atoms with E-state index in [-0.39, 0.29) is 16.3 Å². The normalized spacial score (nSPS) is 29.2. The van der Waals surface area contributed by atoms with Crippen LogP contribution in [-0.2, 0) is 16.3 Å². The number of rotatable bonds is 6. The molecule has 0 saturated heterocycles. The molecule has 0 aliphatic heterocycles. The summed E-state index contributed by atoms with van der Waals surface area (Å²) in [5, 5.41) is 3.39. The maximum atomic E-state index is 2.79. The molecule has 2 aliphatic rings. The molecule has 0 saturated carbocycles. The van der Waals surface area contributed by atoms with Gasteiger partial charge in [0.2, 0.25) is 0 Å².